The minimum absolute atomic E-state index is 0.285. The van der Waals surface area contributed by atoms with Crippen molar-refractivity contribution in [2.75, 3.05) is 14.1 Å². The number of carbonyl (C=O) groups is 1. The molecule has 13 heavy (non-hydrogen) atoms. The molecule has 0 spiro atoms. The van der Waals surface area contributed by atoms with Gasteiger partial charge in [-0.2, -0.15) is 0 Å². The molecule has 0 saturated carbocycles. The van der Waals surface area contributed by atoms with Crippen LogP contribution in [0.4, 0.5) is 4.39 Å². The highest BCUT2D eigenvalue weighted by atomic mass is 19.1. The Bertz CT molecular complexity index is 281. The maximum absolute atomic E-state index is 12.6. The lowest BCUT2D eigenvalue weighted by molar-refractivity contribution is -0.111. The van der Waals surface area contributed by atoms with E-state index in [0.717, 1.165) is 11.8 Å². The van der Waals surface area contributed by atoms with Crippen molar-refractivity contribution in [1.29, 1.82) is 0 Å². The Balaban J connectivity index is 2.92. The number of hydrogen-bond acceptors (Lipinski definition) is 2. The molecule has 0 amide bonds. The molecule has 0 aliphatic rings. The number of hydrogen-bond donors (Lipinski definition) is 0. The summed E-state index contributed by atoms with van der Waals surface area (Å²) in [6, 6.07) is 5.66. The van der Waals surface area contributed by atoms with Gasteiger partial charge >= 0.3 is 0 Å². The van der Waals surface area contributed by atoms with E-state index in [1.165, 1.54) is 12.1 Å². The molecular weight excluding hydrogens is 169 g/mol. The minimum atomic E-state index is -0.291. The van der Waals surface area contributed by atoms with Crippen LogP contribution in [-0.2, 0) is 4.79 Å². The highest BCUT2D eigenvalue weighted by Crippen LogP contribution is 2.15. The normalized spacial score (nSPS) is 12.9. The summed E-state index contributed by atoms with van der Waals surface area (Å²) in [5.41, 5.74) is 0.807. The van der Waals surface area contributed by atoms with Crippen LogP contribution >= 0.6 is 0 Å². The molecule has 0 fully saturated rings. The van der Waals surface area contributed by atoms with Crippen LogP contribution in [0.25, 0.3) is 0 Å². The van der Waals surface area contributed by atoms with Crippen LogP contribution in [0.15, 0.2) is 24.3 Å². The van der Waals surface area contributed by atoms with Gasteiger partial charge in [0.1, 0.15) is 12.1 Å². The largest absolute Gasteiger partial charge is 0.301 e. The first-order chi connectivity index (χ1) is 6.15. The summed E-state index contributed by atoms with van der Waals surface area (Å²) in [6.45, 7) is 0. The van der Waals surface area contributed by atoms with Gasteiger partial charge in [0.05, 0.1) is 6.04 Å². The highest BCUT2D eigenvalue weighted by Gasteiger charge is 2.11. The zero-order valence-corrected chi connectivity index (χ0v) is 7.70. The molecule has 1 rings (SSSR count). The van der Waals surface area contributed by atoms with E-state index in [9.17, 15) is 9.18 Å². The zero-order chi connectivity index (χ0) is 9.84. The molecule has 0 aliphatic carbocycles. The van der Waals surface area contributed by atoms with E-state index in [4.69, 9.17) is 0 Å². The minimum Gasteiger partial charge on any atom is -0.301 e. The van der Waals surface area contributed by atoms with Crippen molar-refractivity contribution >= 4 is 6.29 Å². The first kappa shape index (κ1) is 9.86. The Morgan fingerprint density at radius 1 is 1.31 bits per heavy atom. The van der Waals surface area contributed by atoms with Crippen LogP contribution in [0.1, 0.15) is 11.6 Å². The number of nitrogens with zero attached hydrogens (tertiary/aromatic N) is 1. The van der Waals surface area contributed by atoms with Crippen LogP contribution in [0.5, 0.6) is 0 Å². The summed E-state index contributed by atoms with van der Waals surface area (Å²) in [6.07, 6.45) is 0.841. The Hall–Kier alpha value is -1.22. The summed E-state index contributed by atoms with van der Waals surface area (Å²) < 4.78 is 12.6. The van der Waals surface area contributed by atoms with Crippen molar-refractivity contribution in [3.63, 3.8) is 0 Å². The lowest BCUT2D eigenvalue weighted by Crippen LogP contribution is -2.20. The van der Waals surface area contributed by atoms with Crippen LogP contribution in [0.2, 0.25) is 0 Å². The Kier molecular flexibility index (Phi) is 3.14. The van der Waals surface area contributed by atoms with Crippen molar-refractivity contribution < 1.29 is 9.18 Å². The van der Waals surface area contributed by atoms with Crippen LogP contribution in [-0.4, -0.2) is 25.3 Å². The maximum atomic E-state index is 12.6. The second kappa shape index (κ2) is 4.14. The van der Waals surface area contributed by atoms with Gasteiger partial charge in [-0.05, 0) is 31.8 Å². The summed E-state index contributed by atoms with van der Waals surface area (Å²) in [7, 11) is 3.62. The fourth-order valence-electron chi connectivity index (χ4n) is 1.16. The molecular formula is C10H12FNO. The maximum Gasteiger partial charge on any atom is 0.141 e. The molecule has 2 nitrogen and oxygen atoms in total. The van der Waals surface area contributed by atoms with Gasteiger partial charge in [0.2, 0.25) is 0 Å². The van der Waals surface area contributed by atoms with E-state index < -0.39 is 0 Å². The SMILES string of the molecule is CN(C)[C@H](C=O)c1ccc(F)cc1. The van der Waals surface area contributed by atoms with E-state index >= 15 is 0 Å². The van der Waals surface area contributed by atoms with E-state index in [2.05, 4.69) is 0 Å². The van der Waals surface area contributed by atoms with Gasteiger partial charge in [0.25, 0.3) is 0 Å². The van der Waals surface area contributed by atoms with Crippen molar-refractivity contribution in [3.05, 3.63) is 35.6 Å². The number of rotatable bonds is 3. The standard InChI is InChI=1S/C10H12FNO/c1-12(2)10(7-13)8-3-5-9(11)6-4-8/h3-7,10H,1-2H3/t10-/m1/s1. The van der Waals surface area contributed by atoms with Gasteiger partial charge < -0.3 is 4.79 Å². The van der Waals surface area contributed by atoms with Gasteiger partial charge in [-0.1, -0.05) is 12.1 Å². The van der Waals surface area contributed by atoms with Gasteiger partial charge in [-0.3, -0.25) is 4.90 Å². The topological polar surface area (TPSA) is 20.3 Å². The van der Waals surface area contributed by atoms with Crippen molar-refractivity contribution in [3.8, 4) is 0 Å². The van der Waals surface area contributed by atoms with Crippen LogP contribution in [0, 0.1) is 5.82 Å². The van der Waals surface area contributed by atoms with Crippen molar-refractivity contribution in [1.82, 2.24) is 4.90 Å². The third kappa shape index (κ3) is 2.36. The second-order valence-electron chi connectivity index (χ2n) is 3.10. The molecule has 0 bridgehead atoms. The summed E-state index contributed by atoms with van der Waals surface area (Å²) in [5.74, 6) is -0.285. The number of halogens is 1. The Morgan fingerprint density at radius 3 is 2.23 bits per heavy atom. The average Bonchev–Trinajstić information content (AvgIpc) is 2.09. The quantitative estimate of drug-likeness (QED) is 0.660. The molecule has 0 unspecified atom stereocenters. The monoisotopic (exact) mass is 181 g/mol. The molecule has 0 heterocycles. The first-order valence-electron chi connectivity index (χ1n) is 4.02. The highest BCUT2D eigenvalue weighted by molar-refractivity contribution is 5.61. The number of carbonyl (C=O) groups excluding carboxylic acids is 1. The number of likely N-dealkylation sites (N-methyl/N-ethyl adjacent to an activating group) is 1. The van der Waals surface area contributed by atoms with E-state index in [1.807, 2.05) is 14.1 Å². The third-order valence-corrected chi connectivity index (χ3v) is 1.90. The second-order valence-corrected chi connectivity index (χ2v) is 3.10. The molecule has 1 atom stereocenters. The fourth-order valence-corrected chi connectivity index (χ4v) is 1.16. The smallest absolute Gasteiger partial charge is 0.141 e. The first-order valence-corrected chi connectivity index (χ1v) is 4.02. The predicted octanol–water partition coefficient (Wildman–Crippen LogP) is 1.63. The third-order valence-electron chi connectivity index (χ3n) is 1.90. The van der Waals surface area contributed by atoms with Crippen LogP contribution in [0.3, 0.4) is 0 Å². The lowest BCUT2D eigenvalue weighted by atomic mass is 10.1. The summed E-state index contributed by atoms with van der Waals surface area (Å²) >= 11 is 0. The van der Waals surface area contributed by atoms with E-state index in [1.54, 1.807) is 17.0 Å². The molecule has 1 aromatic rings. The summed E-state index contributed by atoms with van der Waals surface area (Å²) in [5, 5.41) is 0. The molecule has 0 aromatic heterocycles. The predicted molar refractivity (Wildman–Crippen MR) is 48.9 cm³/mol. The van der Waals surface area contributed by atoms with E-state index in [0.29, 0.717) is 0 Å². The number of benzene rings is 1. The molecule has 1 aromatic carbocycles. The van der Waals surface area contributed by atoms with Gasteiger partial charge in [0.15, 0.2) is 0 Å². The molecule has 0 radical (unpaired) electrons. The van der Waals surface area contributed by atoms with Gasteiger partial charge in [0, 0.05) is 0 Å². The Labute approximate surface area is 77.0 Å². The summed E-state index contributed by atoms with van der Waals surface area (Å²) in [4.78, 5) is 12.5. The average molecular weight is 181 g/mol. The van der Waals surface area contributed by atoms with Crippen molar-refractivity contribution in [2.45, 2.75) is 6.04 Å². The zero-order valence-electron chi connectivity index (χ0n) is 7.70. The van der Waals surface area contributed by atoms with E-state index in [-0.39, 0.29) is 11.9 Å². The molecule has 3 heteroatoms. The van der Waals surface area contributed by atoms with Gasteiger partial charge in [-0.25, -0.2) is 4.39 Å². The Morgan fingerprint density at radius 2 is 1.85 bits per heavy atom. The lowest BCUT2D eigenvalue weighted by Gasteiger charge is -2.18. The number of aldehydes is 1. The molecule has 70 valence electrons. The molecule has 0 aliphatic heterocycles. The van der Waals surface area contributed by atoms with Crippen molar-refractivity contribution in [2.24, 2.45) is 0 Å². The van der Waals surface area contributed by atoms with Gasteiger partial charge in [-0.15, -0.1) is 0 Å². The fraction of sp³-hybridized carbons (Fsp3) is 0.300. The van der Waals surface area contributed by atoms with Crippen LogP contribution < -0.4 is 0 Å². The molecule has 0 saturated heterocycles. The molecule has 0 N–H and O–H groups in total.